The summed E-state index contributed by atoms with van der Waals surface area (Å²) in [4.78, 5) is 11.9. The molecule has 0 aliphatic rings. The molecule has 0 bridgehead atoms. The number of rotatable bonds is 4. The number of phenolic OH excluding ortho intramolecular Hbond substituents is 1. The number of carbonyl (C=O) groups is 1. The smallest absolute Gasteiger partial charge is 0.242 e. The van der Waals surface area contributed by atoms with Gasteiger partial charge in [-0.3, -0.25) is 9.48 Å². The van der Waals surface area contributed by atoms with Crippen LogP contribution in [0.15, 0.2) is 36.5 Å². The number of hydrogen-bond acceptors (Lipinski definition) is 4. The number of benzene rings is 1. The SMILES string of the molecule is Cn1nccc1NC(=O)[C@H](N)Cc1ccc(O)cc1. The van der Waals surface area contributed by atoms with Crippen LogP contribution in [0, 0.1) is 0 Å². The maximum Gasteiger partial charge on any atom is 0.242 e. The van der Waals surface area contributed by atoms with Crippen LogP contribution >= 0.6 is 0 Å². The van der Waals surface area contributed by atoms with E-state index in [1.165, 1.54) is 0 Å². The number of nitrogens with two attached hydrogens (primary N) is 1. The van der Waals surface area contributed by atoms with Gasteiger partial charge in [0, 0.05) is 13.1 Å². The molecule has 0 fully saturated rings. The lowest BCUT2D eigenvalue weighted by Crippen LogP contribution is -2.37. The average Bonchev–Trinajstić information content (AvgIpc) is 2.78. The molecule has 1 aromatic carbocycles. The van der Waals surface area contributed by atoms with Crippen LogP contribution in [0.5, 0.6) is 5.75 Å². The summed E-state index contributed by atoms with van der Waals surface area (Å²) in [5.41, 5.74) is 6.74. The van der Waals surface area contributed by atoms with Crippen molar-refractivity contribution in [2.75, 3.05) is 5.32 Å². The van der Waals surface area contributed by atoms with E-state index in [9.17, 15) is 9.90 Å². The number of nitrogens with zero attached hydrogens (tertiary/aromatic N) is 2. The average molecular weight is 260 g/mol. The molecule has 6 nitrogen and oxygen atoms in total. The highest BCUT2D eigenvalue weighted by Gasteiger charge is 2.15. The second-order valence-corrected chi connectivity index (χ2v) is 4.31. The van der Waals surface area contributed by atoms with E-state index in [2.05, 4.69) is 10.4 Å². The molecule has 1 heterocycles. The standard InChI is InChI=1S/C13H16N4O2/c1-17-12(6-7-15-17)16-13(19)11(14)8-9-2-4-10(18)5-3-9/h2-7,11,18H,8,14H2,1H3,(H,16,19)/t11-/m1/s1. The van der Waals surface area contributed by atoms with E-state index in [0.717, 1.165) is 5.56 Å². The molecule has 0 aliphatic heterocycles. The summed E-state index contributed by atoms with van der Waals surface area (Å²) < 4.78 is 1.56. The Hall–Kier alpha value is -2.34. The molecule has 0 aliphatic carbocycles. The number of aryl methyl sites for hydroxylation is 1. The Morgan fingerprint density at radius 1 is 1.42 bits per heavy atom. The van der Waals surface area contributed by atoms with E-state index in [1.54, 1.807) is 48.3 Å². The van der Waals surface area contributed by atoms with E-state index < -0.39 is 6.04 Å². The van der Waals surface area contributed by atoms with Crippen LogP contribution < -0.4 is 11.1 Å². The van der Waals surface area contributed by atoms with Crippen LogP contribution in [-0.4, -0.2) is 26.8 Å². The van der Waals surface area contributed by atoms with Crippen LogP contribution in [0.4, 0.5) is 5.82 Å². The molecule has 0 saturated heterocycles. The van der Waals surface area contributed by atoms with Crippen molar-refractivity contribution < 1.29 is 9.90 Å². The largest absolute Gasteiger partial charge is 0.508 e. The summed E-state index contributed by atoms with van der Waals surface area (Å²) in [7, 11) is 1.74. The fraction of sp³-hybridized carbons (Fsp3) is 0.231. The molecular weight excluding hydrogens is 244 g/mol. The highest BCUT2D eigenvalue weighted by atomic mass is 16.3. The molecule has 100 valence electrons. The molecule has 19 heavy (non-hydrogen) atoms. The van der Waals surface area contributed by atoms with Gasteiger partial charge in [0.2, 0.25) is 5.91 Å². The fourth-order valence-corrected chi connectivity index (χ4v) is 1.69. The normalized spacial score (nSPS) is 12.1. The number of amides is 1. The summed E-state index contributed by atoms with van der Waals surface area (Å²) in [6, 6.07) is 7.67. The summed E-state index contributed by atoms with van der Waals surface area (Å²) in [5, 5.41) is 15.8. The van der Waals surface area contributed by atoms with Crippen molar-refractivity contribution in [3.63, 3.8) is 0 Å². The van der Waals surface area contributed by atoms with Gasteiger partial charge >= 0.3 is 0 Å². The molecule has 2 aromatic rings. The van der Waals surface area contributed by atoms with Gasteiger partial charge in [-0.1, -0.05) is 12.1 Å². The highest BCUT2D eigenvalue weighted by Crippen LogP contribution is 2.11. The zero-order valence-corrected chi connectivity index (χ0v) is 10.6. The van der Waals surface area contributed by atoms with E-state index in [-0.39, 0.29) is 11.7 Å². The minimum atomic E-state index is -0.653. The zero-order chi connectivity index (χ0) is 13.8. The van der Waals surface area contributed by atoms with Crippen molar-refractivity contribution in [3.05, 3.63) is 42.1 Å². The number of nitrogens with one attached hydrogen (secondary N) is 1. The van der Waals surface area contributed by atoms with Crippen molar-refractivity contribution in [2.45, 2.75) is 12.5 Å². The van der Waals surface area contributed by atoms with Gasteiger partial charge in [0.1, 0.15) is 11.6 Å². The van der Waals surface area contributed by atoms with Gasteiger partial charge < -0.3 is 16.2 Å². The van der Waals surface area contributed by atoms with Crippen LogP contribution in [-0.2, 0) is 18.3 Å². The first kappa shape index (κ1) is 13.1. The van der Waals surface area contributed by atoms with Crippen LogP contribution in [0.1, 0.15) is 5.56 Å². The molecule has 1 aromatic heterocycles. The maximum absolute atomic E-state index is 11.9. The van der Waals surface area contributed by atoms with Crippen LogP contribution in [0.25, 0.3) is 0 Å². The Morgan fingerprint density at radius 3 is 2.68 bits per heavy atom. The van der Waals surface area contributed by atoms with E-state index in [1.807, 2.05) is 0 Å². The van der Waals surface area contributed by atoms with Gasteiger partial charge in [0.05, 0.1) is 12.2 Å². The molecular formula is C13H16N4O2. The Bertz CT molecular complexity index is 562. The lowest BCUT2D eigenvalue weighted by atomic mass is 10.1. The zero-order valence-electron chi connectivity index (χ0n) is 10.6. The summed E-state index contributed by atoms with van der Waals surface area (Å²) in [6.07, 6.45) is 2.01. The Labute approximate surface area is 110 Å². The lowest BCUT2D eigenvalue weighted by molar-refractivity contribution is -0.117. The number of aromatic hydroxyl groups is 1. The summed E-state index contributed by atoms with van der Waals surface area (Å²) in [5.74, 6) is 0.527. The predicted molar refractivity (Wildman–Crippen MR) is 71.6 cm³/mol. The van der Waals surface area contributed by atoms with E-state index in [4.69, 9.17) is 5.73 Å². The van der Waals surface area contributed by atoms with Gasteiger partial charge in [0.25, 0.3) is 0 Å². The van der Waals surface area contributed by atoms with E-state index >= 15 is 0 Å². The van der Waals surface area contributed by atoms with Crippen molar-refractivity contribution in [1.82, 2.24) is 9.78 Å². The first-order chi connectivity index (χ1) is 9.06. The lowest BCUT2D eigenvalue weighted by Gasteiger charge is -2.12. The molecule has 6 heteroatoms. The van der Waals surface area contributed by atoms with Crippen LogP contribution in [0.2, 0.25) is 0 Å². The number of phenols is 1. The van der Waals surface area contributed by atoms with Gasteiger partial charge in [-0.05, 0) is 24.1 Å². The first-order valence-corrected chi connectivity index (χ1v) is 5.88. The third-order valence-electron chi connectivity index (χ3n) is 2.80. The highest BCUT2D eigenvalue weighted by molar-refractivity contribution is 5.94. The number of hydrogen-bond donors (Lipinski definition) is 3. The minimum absolute atomic E-state index is 0.191. The van der Waals surface area contributed by atoms with Gasteiger partial charge in [-0.25, -0.2) is 0 Å². The predicted octanol–water partition coefficient (Wildman–Crippen LogP) is 0.634. The number of anilines is 1. The van der Waals surface area contributed by atoms with E-state index in [0.29, 0.717) is 12.2 Å². The summed E-state index contributed by atoms with van der Waals surface area (Å²) >= 11 is 0. The summed E-state index contributed by atoms with van der Waals surface area (Å²) in [6.45, 7) is 0. The quantitative estimate of drug-likeness (QED) is 0.751. The van der Waals surface area contributed by atoms with Crippen molar-refractivity contribution in [3.8, 4) is 5.75 Å². The topological polar surface area (TPSA) is 93.2 Å². The first-order valence-electron chi connectivity index (χ1n) is 5.88. The Morgan fingerprint density at radius 2 is 2.11 bits per heavy atom. The molecule has 0 spiro atoms. The third kappa shape index (κ3) is 3.32. The van der Waals surface area contributed by atoms with Crippen molar-refractivity contribution in [2.24, 2.45) is 12.8 Å². The molecule has 4 N–H and O–H groups in total. The minimum Gasteiger partial charge on any atom is -0.508 e. The van der Waals surface area contributed by atoms with Gasteiger partial charge in [-0.15, -0.1) is 0 Å². The fourth-order valence-electron chi connectivity index (χ4n) is 1.69. The molecule has 1 amide bonds. The molecule has 0 saturated carbocycles. The second kappa shape index (κ2) is 5.53. The van der Waals surface area contributed by atoms with Crippen molar-refractivity contribution in [1.29, 1.82) is 0 Å². The maximum atomic E-state index is 11.9. The Balaban J connectivity index is 1.96. The number of aromatic nitrogens is 2. The van der Waals surface area contributed by atoms with Gasteiger partial charge in [0.15, 0.2) is 0 Å². The molecule has 0 radical (unpaired) electrons. The number of carbonyl (C=O) groups excluding carboxylic acids is 1. The second-order valence-electron chi connectivity index (χ2n) is 4.31. The van der Waals surface area contributed by atoms with Gasteiger partial charge in [-0.2, -0.15) is 5.10 Å². The van der Waals surface area contributed by atoms with Crippen molar-refractivity contribution >= 4 is 11.7 Å². The third-order valence-corrected chi connectivity index (χ3v) is 2.80. The monoisotopic (exact) mass is 260 g/mol. The molecule has 1 atom stereocenters. The van der Waals surface area contributed by atoms with Crippen LogP contribution in [0.3, 0.4) is 0 Å². The Kier molecular flexibility index (Phi) is 3.82. The molecule has 2 rings (SSSR count). The molecule has 0 unspecified atom stereocenters.